The fraction of sp³-hybridized carbons (Fsp3) is 0.417. The molecule has 1 atom stereocenters. The average Bonchev–Trinajstić information content (AvgIpc) is 2.28. The molecule has 1 aromatic rings. The van der Waals surface area contributed by atoms with E-state index in [1.165, 1.54) is 0 Å². The normalized spacial score (nSPS) is 12.2. The van der Waals surface area contributed by atoms with Gasteiger partial charge in [0.2, 0.25) is 5.91 Å². The highest BCUT2D eigenvalue weighted by atomic mass is 35.5. The van der Waals surface area contributed by atoms with E-state index < -0.39 is 0 Å². The minimum atomic E-state index is -0.207. The summed E-state index contributed by atoms with van der Waals surface area (Å²) in [4.78, 5) is 11.5. The van der Waals surface area contributed by atoms with Crippen LogP contribution in [0.2, 0.25) is 10.0 Å². The van der Waals surface area contributed by atoms with Gasteiger partial charge in [-0.25, -0.2) is 0 Å². The van der Waals surface area contributed by atoms with Gasteiger partial charge in [-0.1, -0.05) is 29.3 Å². The summed E-state index contributed by atoms with van der Waals surface area (Å²) in [5, 5.41) is 3.87. The summed E-state index contributed by atoms with van der Waals surface area (Å²) >= 11 is 11.9. The molecule has 0 aliphatic heterocycles. The van der Waals surface area contributed by atoms with E-state index in [2.05, 4.69) is 5.32 Å². The van der Waals surface area contributed by atoms with E-state index in [4.69, 9.17) is 33.7 Å². The van der Waals surface area contributed by atoms with E-state index >= 15 is 0 Å². The SMILES string of the molecule is CC(NC(=O)COCCN)c1ccc(Cl)cc1Cl. The molecular formula is C12H16Cl2N2O2. The Bertz CT molecular complexity index is 413. The predicted molar refractivity (Wildman–Crippen MR) is 72.9 cm³/mol. The molecule has 0 aliphatic rings. The number of amides is 1. The molecule has 6 heteroatoms. The van der Waals surface area contributed by atoms with E-state index in [0.29, 0.717) is 23.2 Å². The first kappa shape index (κ1) is 15.2. The summed E-state index contributed by atoms with van der Waals surface area (Å²) in [5.74, 6) is -0.207. The second-order valence-corrected chi connectivity index (χ2v) is 4.64. The average molecular weight is 291 g/mol. The predicted octanol–water partition coefficient (Wildman–Crippen LogP) is 2.15. The molecule has 1 unspecified atom stereocenters. The van der Waals surface area contributed by atoms with Crippen LogP contribution in [0.1, 0.15) is 18.5 Å². The van der Waals surface area contributed by atoms with Gasteiger partial charge in [0.25, 0.3) is 0 Å². The summed E-state index contributed by atoms with van der Waals surface area (Å²) < 4.78 is 5.04. The Morgan fingerprint density at radius 2 is 2.22 bits per heavy atom. The fourth-order valence-corrected chi connectivity index (χ4v) is 2.03. The van der Waals surface area contributed by atoms with Gasteiger partial charge in [0.1, 0.15) is 6.61 Å². The molecule has 0 aliphatic carbocycles. The largest absolute Gasteiger partial charge is 0.370 e. The van der Waals surface area contributed by atoms with Gasteiger partial charge in [0.15, 0.2) is 0 Å². The van der Waals surface area contributed by atoms with Crippen molar-refractivity contribution in [2.75, 3.05) is 19.8 Å². The van der Waals surface area contributed by atoms with Crippen LogP contribution >= 0.6 is 23.2 Å². The van der Waals surface area contributed by atoms with Crippen LogP contribution in [-0.2, 0) is 9.53 Å². The number of hydrogen-bond acceptors (Lipinski definition) is 3. The van der Waals surface area contributed by atoms with Crippen molar-refractivity contribution in [2.24, 2.45) is 5.73 Å². The van der Waals surface area contributed by atoms with E-state index in [-0.39, 0.29) is 18.6 Å². The lowest BCUT2D eigenvalue weighted by molar-refractivity contribution is -0.126. The molecule has 0 bridgehead atoms. The van der Waals surface area contributed by atoms with Gasteiger partial charge in [-0.05, 0) is 24.6 Å². The lowest BCUT2D eigenvalue weighted by Crippen LogP contribution is -2.31. The highest BCUT2D eigenvalue weighted by Crippen LogP contribution is 2.25. The number of carbonyl (C=O) groups is 1. The first-order chi connectivity index (χ1) is 8.54. The van der Waals surface area contributed by atoms with Gasteiger partial charge >= 0.3 is 0 Å². The van der Waals surface area contributed by atoms with Crippen LogP contribution in [0.15, 0.2) is 18.2 Å². The third kappa shape index (κ3) is 4.82. The summed E-state index contributed by atoms with van der Waals surface area (Å²) in [7, 11) is 0. The number of rotatable bonds is 6. The Hall–Kier alpha value is -0.810. The maximum absolute atomic E-state index is 11.5. The van der Waals surface area contributed by atoms with Crippen LogP contribution in [0.25, 0.3) is 0 Å². The molecule has 100 valence electrons. The molecule has 0 aromatic heterocycles. The molecule has 1 rings (SSSR count). The van der Waals surface area contributed by atoms with Gasteiger partial charge in [0.05, 0.1) is 12.6 Å². The topological polar surface area (TPSA) is 64.3 Å². The molecule has 0 heterocycles. The van der Waals surface area contributed by atoms with Crippen LogP contribution in [-0.4, -0.2) is 25.7 Å². The van der Waals surface area contributed by atoms with Crippen molar-refractivity contribution in [2.45, 2.75) is 13.0 Å². The standard InChI is InChI=1S/C12H16Cl2N2O2/c1-8(16-12(17)7-18-5-4-15)10-3-2-9(13)6-11(10)14/h2-3,6,8H,4-5,7,15H2,1H3,(H,16,17). The summed E-state index contributed by atoms with van der Waals surface area (Å²) in [5.41, 5.74) is 6.07. The van der Waals surface area contributed by atoms with Gasteiger partial charge < -0.3 is 15.8 Å². The number of nitrogens with two attached hydrogens (primary N) is 1. The number of hydrogen-bond donors (Lipinski definition) is 2. The highest BCUT2D eigenvalue weighted by molar-refractivity contribution is 6.35. The molecule has 1 amide bonds. The molecule has 4 nitrogen and oxygen atoms in total. The minimum Gasteiger partial charge on any atom is -0.370 e. The Kier molecular flexibility index (Phi) is 6.43. The molecule has 18 heavy (non-hydrogen) atoms. The summed E-state index contributed by atoms with van der Waals surface area (Å²) in [6.07, 6.45) is 0. The van der Waals surface area contributed by atoms with E-state index in [9.17, 15) is 4.79 Å². The van der Waals surface area contributed by atoms with E-state index in [1.807, 2.05) is 6.92 Å². The highest BCUT2D eigenvalue weighted by Gasteiger charge is 2.12. The first-order valence-corrected chi connectivity index (χ1v) is 6.32. The van der Waals surface area contributed by atoms with E-state index in [0.717, 1.165) is 5.56 Å². The lowest BCUT2D eigenvalue weighted by atomic mass is 10.1. The van der Waals surface area contributed by atoms with Gasteiger partial charge in [-0.2, -0.15) is 0 Å². The van der Waals surface area contributed by atoms with Crippen molar-refractivity contribution in [3.05, 3.63) is 33.8 Å². The van der Waals surface area contributed by atoms with Gasteiger partial charge in [-0.3, -0.25) is 4.79 Å². The smallest absolute Gasteiger partial charge is 0.246 e. The zero-order valence-electron chi connectivity index (χ0n) is 10.1. The van der Waals surface area contributed by atoms with Crippen molar-refractivity contribution in [1.82, 2.24) is 5.32 Å². The number of ether oxygens (including phenoxy) is 1. The Morgan fingerprint density at radius 1 is 1.50 bits per heavy atom. The Morgan fingerprint density at radius 3 is 2.83 bits per heavy atom. The van der Waals surface area contributed by atoms with Crippen molar-refractivity contribution in [1.29, 1.82) is 0 Å². The second-order valence-electron chi connectivity index (χ2n) is 3.80. The van der Waals surface area contributed by atoms with Gasteiger partial charge in [-0.15, -0.1) is 0 Å². The molecule has 3 N–H and O–H groups in total. The molecule has 0 saturated carbocycles. The number of benzene rings is 1. The maximum Gasteiger partial charge on any atom is 0.246 e. The summed E-state index contributed by atoms with van der Waals surface area (Å²) in [6, 6.07) is 4.96. The Labute approximate surface area is 116 Å². The van der Waals surface area contributed by atoms with E-state index in [1.54, 1.807) is 18.2 Å². The third-order valence-electron chi connectivity index (χ3n) is 2.30. The lowest BCUT2D eigenvalue weighted by Gasteiger charge is -2.16. The zero-order chi connectivity index (χ0) is 13.5. The number of halogens is 2. The second kappa shape index (κ2) is 7.59. The van der Waals surface area contributed by atoms with Crippen LogP contribution in [0, 0.1) is 0 Å². The fourth-order valence-electron chi connectivity index (χ4n) is 1.46. The van der Waals surface area contributed by atoms with Crippen LogP contribution < -0.4 is 11.1 Å². The quantitative estimate of drug-likeness (QED) is 0.789. The molecular weight excluding hydrogens is 275 g/mol. The summed E-state index contributed by atoms with van der Waals surface area (Å²) in [6.45, 7) is 2.60. The Balaban J connectivity index is 2.54. The van der Waals surface area contributed by atoms with Crippen LogP contribution in [0.4, 0.5) is 0 Å². The minimum absolute atomic E-state index is 0.00719. The molecule has 0 saturated heterocycles. The van der Waals surface area contributed by atoms with Crippen LogP contribution in [0.3, 0.4) is 0 Å². The number of nitrogens with one attached hydrogen (secondary N) is 1. The molecule has 0 spiro atoms. The zero-order valence-corrected chi connectivity index (χ0v) is 11.6. The molecule has 0 radical (unpaired) electrons. The number of carbonyl (C=O) groups excluding carboxylic acids is 1. The van der Waals surface area contributed by atoms with Crippen molar-refractivity contribution in [3.63, 3.8) is 0 Å². The molecule has 0 fully saturated rings. The van der Waals surface area contributed by atoms with Crippen molar-refractivity contribution in [3.8, 4) is 0 Å². The first-order valence-electron chi connectivity index (χ1n) is 5.56. The van der Waals surface area contributed by atoms with Crippen molar-refractivity contribution >= 4 is 29.1 Å². The monoisotopic (exact) mass is 290 g/mol. The van der Waals surface area contributed by atoms with Gasteiger partial charge in [0, 0.05) is 16.6 Å². The third-order valence-corrected chi connectivity index (χ3v) is 2.86. The van der Waals surface area contributed by atoms with Crippen molar-refractivity contribution < 1.29 is 9.53 Å². The van der Waals surface area contributed by atoms with Crippen LogP contribution in [0.5, 0.6) is 0 Å². The maximum atomic E-state index is 11.5. The molecule has 1 aromatic carbocycles.